The van der Waals surface area contributed by atoms with Crippen molar-refractivity contribution < 1.29 is 14.4 Å². The molecule has 6 heteroatoms. The third-order valence-electron chi connectivity index (χ3n) is 2.90. The predicted octanol–water partition coefficient (Wildman–Crippen LogP) is 2.27. The average molecular weight is 269 g/mol. The van der Waals surface area contributed by atoms with Crippen molar-refractivity contribution in [1.82, 2.24) is 15.0 Å². The number of hydrogen-bond donors (Lipinski definition) is 1. The largest absolute Gasteiger partial charge is 0.481 e. The Morgan fingerprint density at radius 3 is 2.53 bits per heavy atom. The van der Waals surface area contributed by atoms with Crippen molar-refractivity contribution in [2.75, 3.05) is 6.54 Å². The fourth-order valence-electron chi connectivity index (χ4n) is 1.69. The number of nitrogens with zero attached hydrogens (tertiary/aromatic N) is 3. The molecule has 108 valence electrons. The van der Waals surface area contributed by atoms with E-state index in [9.17, 15) is 4.79 Å². The summed E-state index contributed by atoms with van der Waals surface area (Å²) >= 11 is 0. The van der Waals surface area contributed by atoms with Crippen LogP contribution in [0.5, 0.6) is 0 Å². The maximum atomic E-state index is 10.5. The van der Waals surface area contributed by atoms with E-state index in [-0.39, 0.29) is 12.3 Å². The van der Waals surface area contributed by atoms with Crippen LogP contribution in [0.3, 0.4) is 0 Å². The maximum absolute atomic E-state index is 10.5. The number of aromatic nitrogens is 2. The minimum absolute atomic E-state index is 0.185. The standard InChI is InChI=1S/C13H23N3O3/c1-9(2)13-14-11(19-15-13)8-16(10(3)4)7-5-6-12(17)18/h9-10H,5-8H2,1-4H3,(H,17,18). The van der Waals surface area contributed by atoms with Crippen LogP contribution in [0, 0.1) is 0 Å². The number of hydrogen-bond acceptors (Lipinski definition) is 5. The Labute approximate surface area is 113 Å². The smallest absolute Gasteiger partial charge is 0.303 e. The van der Waals surface area contributed by atoms with Gasteiger partial charge in [0.2, 0.25) is 5.89 Å². The van der Waals surface area contributed by atoms with Gasteiger partial charge in [0.25, 0.3) is 0 Å². The molecular formula is C13H23N3O3. The molecule has 0 amide bonds. The van der Waals surface area contributed by atoms with Crippen molar-refractivity contribution >= 4 is 5.97 Å². The molecule has 0 aromatic carbocycles. The van der Waals surface area contributed by atoms with Gasteiger partial charge in [-0.1, -0.05) is 19.0 Å². The zero-order valence-electron chi connectivity index (χ0n) is 12.1. The summed E-state index contributed by atoms with van der Waals surface area (Å²) in [5.41, 5.74) is 0. The fourth-order valence-corrected chi connectivity index (χ4v) is 1.69. The third kappa shape index (κ3) is 5.38. The highest BCUT2D eigenvalue weighted by Gasteiger charge is 2.16. The van der Waals surface area contributed by atoms with E-state index in [1.807, 2.05) is 13.8 Å². The second-order valence-electron chi connectivity index (χ2n) is 5.26. The first-order chi connectivity index (χ1) is 8.90. The van der Waals surface area contributed by atoms with Gasteiger partial charge in [0, 0.05) is 18.4 Å². The molecule has 1 aromatic heterocycles. The number of rotatable bonds is 8. The van der Waals surface area contributed by atoms with Crippen molar-refractivity contribution in [3.63, 3.8) is 0 Å². The monoisotopic (exact) mass is 269 g/mol. The second-order valence-corrected chi connectivity index (χ2v) is 5.26. The van der Waals surface area contributed by atoms with E-state index < -0.39 is 5.97 Å². The molecule has 0 aliphatic carbocycles. The van der Waals surface area contributed by atoms with Gasteiger partial charge in [-0.3, -0.25) is 9.69 Å². The van der Waals surface area contributed by atoms with Crippen molar-refractivity contribution in [2.45, 2.75) is 59.0 Å². The average Bonchev–Trinajstić information content (AvgIpc) is 2.75. The van der Waals surface area contributed by atoms with Gasteiger partial charge in [0.15, 0.2) is 5.82 Å². The van der Waals surface area contributed by atoms with Crippen LogP contribution in [0.1, 0.15) is 58.2 Å². The molecule has 0 spiro atoms. The molecule has 1 heterocycles. The van der Waals surface area contributed by atoms with Gasteiger partial charge in [0.1, 0.15) is 0 Å². The Morgan fingerprint density at radius 1 is 1.37 bits per heavy atom. The SMILES string of the molecule is CC(C)c1noc(CN(CCCC(=O)O)C(C)C)n1. The molecule has 6 nitrogen and oxygen atoms in total. The minimum Gasteiger partial charge on any atom is -0.481 e. The van der Waals surface area contributed by atoms with E-state index in [1.165, 1.54) is 0 Å². The van der Waals surface area contributed by atoms with E-state index >= 15 is 0 Å². The quantitative estimate of drug-likeness (QED) is 0.779. The van der Waals surface area contributed by atoms with Gasteiger partial charge in [-0.2, -0.15) is 4.98 Å². The lowest BCUT2D eigenvalue weighted by Crippen LogP contribution is -2.31. The molecule has 0 saturated heterocycles. The van der Waals surface area contributed by atoms with Gasteiger partial charge < -0.3 is 9.63 Å². The summed E-state index contributed by atoms with van der Waals surface area (Å²) in [6, 6.07) is 0.309. The van der Waals surface area contributed by atoms with Crippen molar-refractivity contribution in [1.29, 1.82) is 0 Å². The molecule has 0 radical (unpaired) electrons. The van der Waals surface area contributed by atoms with Gasteiger partial charge in [-0.25, -0.2) is 0 Å². The lowest BCUT2D eigenvalue weighted by atomic mass is 10.2. The normalized spacial score (nSPS) is 11.7. The molecule has 19 heavy (non-hydrogen) atoms. The molecule has 0 saturated carbocycles. The van der Waals surface area contributed by atoms with E-state index in [0.717, 1.165) is 0 Å². The lowest BCUT2D eigenvalue weighted by Gasteiger charge is -2.24. The summed E-state index contributed by atoms with van der Waals surface area (Å²) < 4.78 is 5.21. The highest BCUT2D eigenvalue weighted by molar-refractivity contribution is 5.66. The summed E-state index contributed by atoms with van der Waals surface area (Å²) in [5, 5.41) is 12.6. The molecule has 0 unspecified atom stereocenters. The minimum atomic E-state index is -0.761. The molecule has 0 aliphatic heterocycles. The van der Waals surface area contributed by atoms with Crippen LogP contribution in [0.25, 0.3) is 0 Å². The zero-order valence-corrected chi connectivity index (χ0v) is 12.1. The van der Waals surface area contributed by atoms with Crippen molar-refractivity contribution in [3.8, 4) is 0 Å². The maximum Gasteiger partial charge on any atom is 0.303 e. The number of carboxylic acids is 1. The van der Waals surface area contributed by atoms with Crippen LogP contribution >= 0.6 is 0 Å². The first kappa shape index (κ1) is 15.6. The number of aliphatic carboxylic acids is 1. The summed E-state index contributed by atoms with van der Waals surface area (Å²) in [5.74, 6) is 0.789. The molecule has 1 aromatic rings. The summed E-state index contributed by atoms with van der Waals surface area (Å²) in [6.07, 6.45) is 0.809. The van der Waals surface area contributed by atoms with E-state index in [4.69, 9.17) is 9.63 Å². The molecular weight excluding hydrogens is 246 g/mol. The van der Waals surface area contributed by atoms with Crippen LogP contribution < -0.4 is 0 Å². The topological polar surface area (TPSA) is 79.5 Å². The first-order valence-corrected chi connectivity index (χ1v) is 6.68. The Kier molecular flexibility index (Phi) is 5.95. The van der Waals surface area contributed by atoms with Crippen LogP contribution in [0.4, 0.5) is 0 Å². The van der Waals surface area contributed by atoms with Gasteiger partial charge >= 0.3 is 5.97 Å². The summed E-state index contributed by atoms with van der Waals surface area (Å²) in [7, 11) is 0. The highest BCUT2D eigenvalue weighted by atomic mass is 16.5. The number of carbonyl (C=O) groups is 1. The molecule has 0 bridgehead atoms. The van der Waals surface area contributed by atoms with Crippen LogP contribution in [-0.4, -0.2) is 38.7 Å². The van der Waals surface area contributed by atoms with Crippen LogP contribution in [0.2, 0.25) is 0 Å². The highest BCUT2D eigenvalue weighted by Crippen LogP contribution is 2.12. The Hall–Kier alpha value is -1.43. The van der Waals surface area contributed by atoms with Crippen molar-refractivity contribution in [2.24, 2.45) is 0 Å². The molecule has 0 aliphatic rings. The summed E-state index contributed by atoms with van der Waals surface area (Å²) in [6.45, 7) is 9.45. The molecule has 1 N–H and O–H groups in total. The predicted molar refractivity (Wildman–Crippen MR) is 70.8 cm³/mol. The number of carboxylic acid groups (broad SMARTS) is 1. The lowest BCUT2D eigenvalue weighted by molar-refractivity contribution is -0.137. The third-order valence-corrected chi connectivity index (χ3v) is 2.90. The van der Waals surface area contributed by atoms with Gasteiger partial charge in [-0.15, -0.1) is 0 Å². The van der Waals surface area contributed by atoms with E-state index in [1.54, 1.807) is 0 Å². The molecule has 0 atom stereocenters. The second kappa shape index (κ2) is 7.23. The Balaban J connectivity index is 2.54. The molecule has 1 rings (SSSR count). The van der Waals surface area contributed by atoms with Crippen LogP contribution in [-0.2, 0) is 11.3 Å². The first-order valence-electron chi connectivity index (χ1n) is 6.68. The fraction of sp³-hybridized carbons (Fsp3) is 0.769. The Morgan fingerprint density at radius 2 is 2.05 bits per heavy atom. The van der Waals surface area contributed by atoms with E-state index in [2.05, 4.69) is 28.9 Å². The van der Waals surface area contributed by atoms with Gasteiger partial charge in [-0.05, 0) is 26.8 Å². The van der Waals surface area contributed by atoms with Crippen molar-refractivity contribution in [3.05, 3.63) is 11.7 Å². The van der Waals surface area contributed by atoms with E-state index in [0.29, 0.717) is 37.3 Å². The van der Waals surface area contributed by atoms with Crippen LogP contribution in [0.15, 0.2) is 4.52 Å². The van der Waals surface area contributed by atoms with Gasteiger partial charge in [0.05, 0.1) is 6.54 Å². The Bertz CT molecular complexity index is 402. The molecule has 0 fully saturated rings. The zero-order chi connectivity index (χ0) is 14.4. The summed E-state index contributed by atoms with van der Waals surface area (Å²) in [4.78, 5) is 17.0.